The zero-order valence-electron chi connectivity index (χ0n) is 21.5. The first-order valence-corrected chi connectivity index (χ1v) is 11.7. The lowest BCUT2D eigenvalue weighted by atomic mass is 10.0. The first-order valence-electron chi connectivity index (χ1n) is 11.7. The fraction of sp³-hybridized carbons (Fsp3) is 0.320. The molecule has 0 saturated heterocycles. The summed E-state index contributed by atoms with van der Waals surface area (Å²) in [7, 11) is 1.45. The highest BCUT2D eigenvalue weighted by Gasteiger charge is 2.38. The maximum absolute atomic E-state index is 13.0. The Kier molecular flexibility index (Phi) is 13.5. The van der Waals surface area contributed by atoms with Gasteiger partial charge >= 0.3 is 12.1 Å². The predicted molar refractivity (Wildman–Crippen MR) is 139 cm³/mol. The molecule has 0 aliphatic carbocycles. The van der Waals surface area contributed by atoms with Crippen LogP contribution >= 0.6 is 0 Å². The number of carboxylic acids is 1. The lowest BCUT2D eigenvalue weighted by Gasteiger charge is -2.22. The largest absolute Gasteiger partial charge is 0.496 e. The minimum absolute atomic E-state index is 0.0642. The Labute approximate surface area is 227 Å². The van der Waals surface area contributed by atoms with Crippen molar-refractivity contribution < 1.29 is 42.2 Å². The number of primary amides is 1. The number of carboxylic acid groups (broad SMARTS) is 1. The molecule has 0 aliphatic rings. The van der Waals surface area contributed by atoms with Crippen LogP contribution in [0.4, 0.5) is 13.2 Å². The molecule has 12 nitrogen and oxygen atoms in total. The number of carbonyl (C=O) groups excluding carboxylic acids is 3. The van der Waals surface area contributed by atoms with E-state index in [1.54, 1.807) is 24.3 Å². The van der Waals surface area contributed by atoms with Crippen molar-refractivity contribution in [2.45, 2.75) is 37.5 Å². The van der Waals surface area contributed by atoms with Crippen LogP contribution in [0.25, 0.3) is 0 Å². The molecule has 9 N–H and O–H groups in total. The number of aliphatic imine (C=N–C) groups is 1. The molecule has 2 rings (SSSR count). The summed E-state index contributed by atoms with van der Waals surface area (Å²) in [5, 5.41) is 12.5. The molecule has 0 unspecified atom stereocenters. The topological polar surface area (TPSA) is 212 Å². The van der Waals surface area contributed by atoms with Gasteiger partial charge in [-0.1, -0.05) is 42.5 Å². The summed E-state index contributed by atoms with van der Waals surface area (Å²) in [6, 6.07) is 13.9. The Morgan fingerprint density at radius 3 is 2.05 bits per heavy atom. The average Bonchev–Trinajstić information content (AvgIpc) is 2.90. The number of rotatable bonds is 12. The molecule has 0 bridgehead atoms. The molecular weight excluding hydrogens is 537 g/mol. The average molecular weight is 569 g/mol. The Morgan fingerprint density at radius 2 is 1.52 bits per heavy atom. The van der Waals surface area contributed by atoms with E-state index < -0.39 is 42.0 Å². The van der Waals surface area contributed by atoms with Crippen molar-refractivity contribution in [3.8, 4) is 5.75 Å². The number of nitrogens with two attached hydrogens (primary N) is 3. The quantitative estimate of drug-likeness (QED) is 0.121. The maximum Gasteiger partial charge on any atom is 0.490 e. The van der Waals surface area contributed by atoms with Crippen molar-refractivity contribution in [3.63, 3.8) is 0 Å². The highest BCUT2D eigenvalue weighted by Crippen LogP contribution is 2.17. The fourth-order valence-electron chi connectivity index (χ4n) is 3.19. The summed E-state index contributed by atoms with van der Waals surface area (Å²) in [4.78, 5) is 50.7. The molecule has 2 aromatic carbocycles. The minimum atomic E-state index is -5.08. The number of amides is 3. The number of guanidine groups is 1. The van der Waals surface area contributed by atoms with Crippen molar-refractivity contribution >= 4 is 29.7 Å². The number of ether oxygens (including phenoxy) is 1. The lowest BCUT2D eigenvalue weighted by molar-refractivity contribution is -0.192. The summed E-state index contributed by atoms with van der Waals surface area (Å²) < 4.78 is 37.0. The van der Waals surface area contributed by atoms with Crippen molar-refractivity contribution in [3.05, 3.63) is 65.7 Å². The molecule has 15 heteroatoms. The van der Waals surface area contributed by atoms with Gasteiger partial charge < -0.3 is 37.7 Å². The van der Waals surface area contributed by atoms with Crippen molar-refractivity contribution in [2.24, 2.45) is 22.2 Å². The Bertz CT molecular complexity index is 1170. The minimum Gasteiger partial charge on any atom is -0.496 e. The maximum atomic E-state index is 13.0. The Morgan fingerprint density at radius 1 is 0.950 bits per heavy atom. The molecule has 3 amide bonds. The second-order valence-electron chi connectivity index (χ2n) is 8.13. The summed E-state index contributed by atoms with van der Waals surface area (Å²) in [5.41, 5.74) is 17.3. The SMILES string of the molecule is COc1ccccc1C(=O)N[C@@H](CCCN=C(N)N)C(=O)N[C@@H](Cc1ccccc1)C(N)=O.O=C(O)C(F)(F)F. The van der Waals surface area contributed by atoms with E-state index in [9.17, 15) is 27.6 Å². The van der Waals surface area contributed by atoms with Gasteiger partial charge in [0, 0.05) is 13.0 Å². The highest BCUT2D eigenvalue weighted by atomic mass is 19.4. The number of nitrogens with one attached hydrogen (secondary N) is 2. The number of hydrogen-bond acceptors (Lipinski definition) is 6. The van der Waals surface area contributed by atoms with E-state index in [4.69, 9.17) is 31.8 Å². The van der Waals surface area contributed by atoms with Gasteiger partial charge in [0.05, 0.1) is 12.7 Å². The van der Waals surface area contributed by atoms with E-state index in [0.29, 0.717) is 12.2 Å². The van der Waals surface area contributed by atoms with Gasteiger partial charge in [0.25, 0.3) is 5.91 Å². The van der Waals surface area contributed by atoms with Gasteiger partial charge in [-0.2, -0.15) is 13.2 Å². The molecule has 0 saturated carbocycles. The first-order chi connectivity index (χ1) is 18.8. The van der Waals surface area contributed by atoms with Gasteiger partial charge in [-0.15, -0.1) is 0 Å². The first kappa shape index (κ1) is 33.2. The third kappa shape index (κ3) is 12.1. The van der Waals surface area contributed by atoms with Crippen LogP contribution in [0.2, 0.25) is 0 Å². The molecule has 0 heterocycles. The van der Waals surface area contributed by atoms with Gasteiger partial charge in [-0.25, -0.2) is 4.79 Å². The molecule has 218 valence electrons. The number of halogens is 3. The fourth-order valence-corrected chi connectivity index (χ4v) is 3.19. The summed E-state index contributed by atoms with van der Waals surface area (Å²) >= 11 is 0. The van der Waals surface area contributed by atoms with Gasteiger partial charge in [0.2, 0.25) is 11.8 Å². The lowest BCUT2D eigenvalue weighted by Crippen LogP contribution is -2.53. The van der Waals surface area contributed by atoms with E-state index >= 15 is 0 Å². The number of para-hydroxylation sites is 1. The summed E-state index contributed by atoms with van der Waals surface area (Å²) in [6.45, 7) is 0.278. The predicted octanol–water partition coefficient (Wildman–Crippen LogP) is 0.693. The number of methoxy groups -OCH3 is 1. The van der Waals surface area contributed by atoms with Crippen LogP contribution in [0.15, 0.2) is 59.6 Å². The monoisotopic (exact) mass is 568 g/mol. The van der Waals surface area contributed by atoms with Crippen LogP contribution < -0.4 is 32.6 Å². The number of hydrogen-bond donors (Lipinski definition) is 6. The molecule has 0 aliphatic heterocycles. The number of carbonyl (C=O) groups is 4. The molecular formula is C25H31F3N6O6. The molecule has 40 heavy (non-hydrogen) atoms. The molecule has 2 atom stereocenters. The van der Waals surface area contributed by atoms with E-state index in [-0.39, 0.29) is 30.9 Å². The summed E-state index contributed by atoms with van der Waals surface area (Å²) in [6.07, 6.45) is -4.20. The van der Waals surface area contributed by atoms with Crippen LogP contribution in [0.3, 0.4) is 0 Å². The molecule has 0 fully saturated rings. The van der Waals surface area contributed by atoms with E-state index in [1.807, 2.05) is 30.3 Å². The standard InChI is InChI=1S/C23H30N6O4.C2HF3O2/c1-33-19-12-6-5-10-16(19)21(31)28-17(11-7-13-27-23(25)26)22(32)29-18(20(24)30)14-15-8-3-2-4-9-15;3-2(4,5)1(6)7/h2-6,8-10,12,17-18H,7,11,13-14H2,1H3,(H2,24,30)(H,28,31)(H,29,32)(H4,25,26,27);(H,6,7)/t17-,18-;/m0./s1. The molecule has 0 spiro atoms. The molecule has 2 aromatic rings. The van der Waals surface area contributed by atoms with Crippen LogP contribution in [0, 0.1) is 0 Å². The number of nitrogens with zero attached hydrogens (tertiary/aromatic N) is 1. The highest BCUT2D eigenvalue weighted by molar-refractivity contribution is 6.00. The Balaban J connectivity index is 0.00000101. The van der Waals surface area contributed by atoms with Crippen molar-refractivity contribution in [1.82, 2.24) is 10.6 Å². The zero-order chi connectivity index (χ0) is 30.3. The van der Waals surface area contributed by atoms with Gasteiger partial charge in [-0.05, 0) is 30.5 Å². The van der Waals surface area contributed by atoms with Gasteiger partial charge in [-0.3, -0.25) is 19.4 Å². The van der Waals surface area contributed by atoms with Gasteiger partial charge in [0.15, 0.2) is 5.96 Å². The second-order valence-corrected chi connectivity index (χ2v) is 8.13. The van der Waals surface area contributed by atoms with Crippen molar-refractivity contribution in [1.29, 1.82) is 0 Å². The molecule has 0 aromatic heterocycles. The normalized spacial score (nSPS) is 12.0. The third-order valence-electron chi connectivity index (χ3n) is 5.10. The summed E-state index contributed by atoms with van der Waals surface area (Å²) in [5.74, 6) is -4.16. The van der Waals surface area contributed by atoms with Crippen LogP contribution in [0.1, 0.15) is 28.8 Å². The number of aliphatic carboxylic acids is 1. The second kappa shape index (κ2) is 16.2. The third-order valence-corrected chi connectivity index (χ3v) is 5.10. The van der Waals surface area contributed by atoms with E-state index in [2.05, 4.69) is 15.6 Å². The number of benzene rings is 2. The number of alkyl halides is 3. The van der Waals surface area contributed by atoms with Crippen LogP contribution in [-0.2, 0) is 20.8 Å². The van der Waals surface area contributed by atoms with Crippen molar-refractivity contribution in [2.75, 3.05) is 13.7 Å². The Hall–Kier alpha value is -4.82. The van der Waals surface area contributed by atoms with Crippen LogP contribution in [0.5, 0.6) is 5.75 Å². The molecule has 0 radical (unpaired) electrons. The van der Waals surface area contributed by atoms with Crippen LogP contribution in [-0.4, -0.2) is 66.7 Å². The smallest absolute Gasteiger partial charge is 0.490 e. The zero-order valence-corrected chi connectivity index (χ0v) is 21.5. The van der Waals surface area contributed by atoms with E-state index in [0.717, 1.165) is 5.56 Å². The van der Waals surface area contributed by atoms with E-state index in [1.165, 1.54) is 7.11 Å². The van der Waals surface area contributed by atoms with Gasteiger partial charge in [0.1, 0.15) is 17.8 Å².